The summed E-state index contributed by atoms with van der Waals surface area (Å²) in [6.07, 6.45) is 1.45. The summed E-state index contributed by atoms with van der Waals surface area (Å²) >= 11 is 4.77. The number of aromatic amines is 2. The number of rotatable bonds is 3. The summed E-state index contributed by atoms with van der Waals surface area (Å²) in [6, 6.07) is 9.06. The Morgan fingerprint density at radius 3 is 2.67 bits per heavy atom. The van der Waals surface area contributed by atoms with E-state index in [-0.39, 0.29) is 22.7 Å². The van der Waals surface area contributed by atoms with E-state index in [1.807, 2.05) is 18.2 Å². The number of carbonyl (C=O) groups is 1. The van der Waals surface area contributed by atoms with Gasteiger partial charge in [-0.25, -0.2) is 0 Å². The first kappa shape index (κ1) is 12.3. The molecule has 0 saturated carbocycles. The summed E-state index contributed by atoms with van der Waals surface area (Å²) in [5, 5.41) is 2.70. The van der Waals surface area contributed by atoms with Gasteiger partial charge in [-0.1, -0.05) is 18.2 Å². The Kier molecular flexibility index (Phi) is 3.69. The zero-order valence-electron chi connectivity index (χ0n) is 9.40. The molecule has 0 unspecified atom stereocenters. The van der Waals surface area contributed by atoms with Crippen LogP contribution in [0.25, 0.3) is 0 Å². The van der Waals surface area contributed by atoms with Crippen molar-refractivity contribution in [3.63, 3.8) is 0 Å². The summed E-state index contributed by atoms with van der Waals surface area (Å²) < 4.78 is 0.243. The molecule has 2 aromatic rings. The maximum Gasteiger partial charge on any atom is 0.255 e. The van der Waals surface area contributed by atoms with Crippen LogP contribution >= 0.6 is 12.2 Å². The molecule has 0 fully saturated rings. The van der Waals surface area contributed by atoms with Gasteiger partial charge in [-0.05, 0) is 24.4 Å². The highest BCUT2D eigenvalue weighted by molar-refractivity contribution is 7.71. The van der Waals surface area contributed by atoms with Gasteiger partial charge >= 0.3 is 0 Å². The second-order valence-electron chi connectivity index (χ2n) is 3.69. The lowest BCUT2D eigenvalue weighted by atomic mass is 10.2. The van der Waals surface area contributed by atoms with Crippen LogP contribution in [0.15, 0.2) is 41.3 Å². The number of benzene rings is 1. The van der Waals surface area contributed by atoms with Crippen LogP contribution in [0.3, 0.4) is 0 Å². The molecule has 0 aliphatic heterocycles. The Balaban J connectivity index is 2.08. The van der Waals surface area contributed by atoms with Crippen molar-refractivity contribution < 1.29 is 4.79 Å². The first-order valence-electron chi connectivity index (χ1n) is 5.31. The predicted octanol–water partition coefficient (Wildman–Crippen LogP) is 1.61. The molecule has 6 heteroatoms. The molecular weight excluding hydrogens is 250 g/mol. The molecule has 0 saturated heterocycles. The van der Waals surface area contributed by atoms with Crippen molar-refractivity contribution in [3.05, 3.63) is 57.2 Å². The van der Waals surface area contributed by atoms with E-state index < -0.39 is 0 Å². The summed E-state index contributed by atoms with van der Waals surface area (Å²) in [4.78, 5) is 28.3. The minimum atomic E-state index is -0.345. The molecule has 0 aliphatic carbocycles. The number of nitrogens with one attached hydrogen (secondary N) is 3. The van der Waals surface area contributed by atoms with Crippen molar-refractivity contribution >= 4 is 23.8 Å². The predicted molar refractivity (Wildman–Crippen MR) is 71.0 cm³/mol. The average Bonchev–Trinajstić information content (AvgIpc) is 2.34. The molecule has 92 valence electrons. The Hall–Kier alpha value is -2.21. The van der Waals surface area contributed by atoms with Crippen LogP contribution in [0.1, 0.15) is 5.56 Å². The van der Waals surface area contributed by atoms with Gasteiger partial charge in [-0.15, -0.1) is 0 Å². The second kappa shape index (κ2) is 5.42. The number of anilines is 1. The van der Waals surface area contributed by atoms with Crippen LogP contribution in [0, 0.1) is 4.77 Å². The van der Waals surface area contributed by atoms with Gasteiger partial charge in [0.2, 0.25) is 5.91 Å². The highest BCUT2D eigenvalue weighted by atomic mass is 32.1. The molecule has 0 radical (unpaired) electrons. The van der Waals surface area contributed by atoms with Gasteiger partial charge in [0, 0.05) is 17.4 Å². The van der Waals surface area contributed by atoms with E-state index in [2.05, 4.69) is 15.3 Å². The van der Waals surface area contributed by atoms with E-state index in [0.29, 0.717) is 11.3 Å². The molecular formula is C12H11N3O2S. The zero-order chi connectivity index (χ0) is 13.0. The minimum Gasteiger partial charge on any atom is -0.338 e. The highest BCUT2D eigenvalue weighted by Crippen LogP contribution is 2.05. The van der Waals surface area contributed by atoms with Gasteiger partial charge < -0.3 is 10.3 Å². The molecule has 5 nitrogen and oxygen atoms in total. The van der Waals surface area contributed by atoms with Crippen LogP contribution in [0.2, 0.25) is 0 Å². The summed E-state index contributed by atoms with van der Waals surface area (Å²) in [5.74, 6) is -0.253. The topological polar surface area (TPSA) is 77.8 Å². The fourth-order valence-corrected chi connectivity index (χ4v) is 1.62. The van der Waals surface area contributed by atoms with E-state index in [0.717, 1.165) is 0 Å². The molecule has 1 aromatic heterocycles. The van der Waals surface area contributed by atoms with Crippen LogP contribution in [0.4, 0.5) is 5.69 Å². The van der Waals surface area contributed by atoms with E-state index >= 15 is 0 Å². The van der Waals surface area contributed by atoms with Gasteiger partial charge in [-0.2, -0.15) is 0 Å². The quantitative estimate of drug-likeness (QED) is 0.735. The largest absolute Gasteiger partial charge is 0.338 e. The Bertz CT molecular complexity index is 661. The SMILES string of the molecule is O=C(Cc1c[nH]c(=S)[nH]c1=O)Nc1ccccc1. The van der Waals surface area contributed by atoms with Crippen LogP contribution in [-0.4, -0.2) is 15.9 Å². The number of amides is 1. The van der Waals surface area contributed by atoms with E-state index in [1.165, 1.54) is 6.20 Å². The van der Waals surface area contributed by atoms with Crippen molar-refractivity contribution in [2.75, 3.05) is 5.32 Å². The fourth-order valence-electron chi connectivity index (χ4n) is 1.47. The molecule has 0 bridgehead atoms. The second-order valence-corrected chi connectivity index (χ2v) is 4.10. The van der Waals surface area contributed by atoms with Crippen LogP contribution < -0.4 is 10.9 Å². The smallest absolute Gasteiger partial charge is 0.255 e. The van der Waals surface area contributed by atoms with E-state index in [9.17, 15) is 9.59 Å². The Morgan fingerprint density at radius 2 is 2.00 bits per heavy atom. The van der Waals surface area contributed by atoms with Crippen molar-refractivity contribution in [1.82, 2.24) is 9.97 Å². The standard InChI is InChI=1S/C12H11N3O2S/c16-10(14-9-4-2-1-3-5-9)6-8-7-13-12(18)15-11(8)17/h1-5,7H,6H2,(H,14,16)(H2,13,15,17,18). The third-order valence-electron chi connectivity index (χ3n) is 2.30. The van der Waals surface area contributed by atoms with E-state index in [4.69, 9.17) is 12.2 Å². The molecule has 2 rings (SSSR count). The number of hydrogen-bond donors (Lipinski definition) is 3. The van der Waals surface area contributed by atoms with Gasteiger partial charge in [0.15, 0.2) is 4.77 Å². The Morgan fingerprint density at radius 1 is 1.28 bits per heavy atom. The lowest BCUT2D eigenvalue weighted by molar-refractivity contribution is -0.115. The molecule has 0 aliphatic rings. The first-order chi connectivity index (χ1) is 8.65. The number of carbonyl (C=O) groups excluding carboxylic acids is 1. The summed E-state index contributed by atoms with van der Waals surface area (Å²) in [5.41, 5.74) is 0.696. The molecule has 3 N–H and O–H groups in total. The maximum absolute atomic E-state index is 11.7. The lowest BCUT2D eigenvalue weighted by Gasteiger charge is -2.04. The number of aromatic nitrogens is 2. The monoisotopic (exact) mass is 261 g/mol. The normalized spacial score (nSPS) is 10.0. The van der Waals surface area contributed by atoms with E-state index in [1.54, 1.807) is 12.1 Å². The molecule has 18 heavy (non-hydrogen) atoms. The van der Waals surface area contributed by atoms with Crippen molar-refractivity contribution in [1.29, 1.82) is 0 Å². The van der Waals surface area contributed by atoms with Crippen LogP contribution in [-0.2, 0) is 11.2 Å². The van der Waals surface area contributed by atoms with Crippen molar-refractivity contribution in [3.8, 4) is 0 Å². The minimum absolute atomic E-state index is 0.00363. The zero-order valence-corrected chi connectivity index (χ0v) is 10.2. The third kappa shape index (κ3) is 3.14. The van der Waals surface area contributed by atoms with Crippen molar-refractivity contribution in [2.24, 2.45) is 0 Å². The van der Waals surface area contributed by atoms with Gasteiger partial charge in [0.1, 0.15) is 0 Å². The number of H-pyrrole nitrogens is 2. The fraction of sp³-hybridized carbons (Fsp3) is 0.0833. The first-order valence-corrected chi connectivity index (χ1v) is 5.72. The molecule has 0 atom stereocenters. The third-order valence-corrected chi connectivity index (χ3v) is 2.52. The summed E-state index contributed by atoms with van der Waals surface area (Å²) in [6.45, 7) is 0. The lowest BCUT2D eigenvalue weighted by Crippen LogP contribution is -2.21. The molecule has 1 aromatic carbocycles. The number of para-hydroxylation sites is 1. The summed E-state index contributed by atoms with van der Waals surface area (Å²) in [7, 11) is 0. The average molecular weight is 261 g/mol. The van der Waals surface area contributed by atoms with Gasteiger partial charge in [0.05, 0.1) is 6.42 Å². The van der Waals surface area contributed by atoms with Crippen LogP contribution in [0.5, 0.6) is 0 Å². The Labute approximate surface area is 108 Å². The maximum atomic E-state index is 11.7. The number of hydrogen-bond acceptors (Lipinski definition) is 3. The van der Waals surface area contributed by atoms with Gasteiger partial charge in [0.25, 0.3) is 5.56 Å². The molecule has 1 heterocycles. The highest BCUT2D eigenvalue weighted by Gasteiger charge is 2.07. The molecule has 0 spiro atoms. The van der Waals surface area contributed by atoms with Crippen molar-refractivity contribution in [2.45, 2.75) is 6.42 Å². The van der Waals surface area contributed by atoms with Gasteiger partial charge in [-0.3, -0.25) is 14.6 Å². The molecule has 1 amide bonds.